The summed E-state index contributed by atoms with van der Waals surface area (Å²) in [6.45, 7) is 5.07. The summed E-state index contributed by atoms with van der Waals surface area (Å²) in [5.41, 5.74) is 1.19. The Balaban J connectivity index is 1.92. The fourth-order valence-electron chi connectivity index (χ4n) is 1.83. The third-order valence-corrected chi connectivity index (χ3v) is 3.09. The van der Waals surface area contributed by atoms with Crippen LogP contribution < -0.4 is 10.1 Å². The Hall–Kier alpha value is -1.06. The fourth-order valence-corrected chi connectivity index (χ4v) is 1.83. The molecule has 1 aliphatic carbocycles. The molecule has 0 unspecified atom stereocenters. The highest BCUT2D eigenvalue weighted by Crippen LogP contribution is 2.34. The number of ether oxygens (including phenoxy) is 1. The minimum Gasteiger partial charge on any atom is -0.491 e. The van der Waals surface area contributed by atoms with Crippen molar-refractivity contribution in [2.24, 2.45) is 0 Å². The van der Waals surface area contributed by atoms with Gasteiger partial charge in [-0.3, -0.25) is 0 Å². The third-order valence-electron chi connectivity index (χ3n) is 3.09. The van der Waals surface area contributed by atoms with Gasteiger partial charge in [0.1, 0.15) is 5.75 Å². The predicted molar refractivity (Wildman–Crippen MR) is 68.1 cm³/mol. The van der Waals surface area contributed by atoms with Crippen molar-refractivity contribution in [2.75, 3.05) is 6.61 Å². The largest absolute Gasteiger partial charge is 0.491 e. The minimum atomic E-state index is -0.00505. The molecule has 2 N–H and O–H groups in total. The van der Waals surface area contributed by atoms with Crippen molar-refractivity contribution in [3.05, 3.63) is 29.8 Å². The van der Waals surface area contributed by atoms with Crippen LogP contribution in [0.2, 0.25) is 0 Å². The molecule has 1 aromatic rings. The Bertz CT molecular complexity index is 372. The Morgan fingerprint density at radius 2 is 2.18 bits per heavy atom. The van der Waals surface area contributed by atoms with E-state index in [-0.39, 0.29) is 18.2 Å². The smallest absolute Gasteiger partial charge is 0.120 e. The maximum Gasteiger partial charge on any atom is 0.120 e. The summed E-state index contributed by atoms with van der Waals surface area (Å²) >= 11 is 0. The molecule has 1 aliphatic rings. The standard InChI is InChI=1S/C14H21NO2/c1-11(2)17-13-5-3-4-12(8-13)9-15-14(10-16)6-7-14/h3-5,8,11,15-16H,6-7,9-10H2,1-2H3. The predicted octanol–water partition coefficient (Wildman–Crippen LogP) is 2.09. The summed E-state index contributed by atoms with van der Waals surface area (Å²) in [5.74, 6) is 0.910. The number of nitrogens with one attached hydrogen (secondary N) is 1. The van der Waals surface area contributed by atoms with Gasteiger partial charge in [0.25, 0.3) is 0 Å². The van der Waals surface area contributed by atoms with Crippen LogP contribution in [-0.4, -0.2) is 23.4 Å². The van der Waals surface area contributed by atoms with Crippen LogP contribution in [0.3, 0.4) is 0 Å². The van der Waals surface area contributed by atoms with Crippen LogP contribution >= 0.6 is 0 Å². The van der Waals surface area contributed by atoms with Gasteiger partial charge in [0, 0.05) is 12.1 Å². The highest BCUT2D eigenvalue weighted by Gasteiger charge is 2.41. The van der Waals surface area contributed by atoms with E-state index in [1.807, 2.05) is 26.0 Å². The maximum absolute atomic E-state index is 9.22. The van der Waals surface area contributed by atoms with Crippen LogP contribution in [0.4, 0.5) is 0 Å². The molecule has 0 radical (unpaired) electrons. The molecule has 1 aromatic carbocycles. The number of benzene rings is 1. The molecule has 0 atom stereocenters. The fraction of sp³-hybridized carbons (Fsp3) is 0.571. The molecule has 3 nitrogen and oxygen atoms in total. The normalized spacial score (nSPS) is 17.2. The minimum absolute atomic E-state index is 0.00505. The maximum atomic E-state index is 9.22. The zero-order chi connectivity index (χ0) is 12.3. The van der Waals surface area contributed by atoms with Gasteiger partial charge in [0.15, 0.2) is 0 Å². The van der Waals surface area contributed by atoms with Gasteiger partial charge in [-0.25, -0.2) is 0 Å². The highest BCUT2D eigenvalue weighted by molar-refractivity contribution is 5.29. The number of hydrogen-bond donors (Lipinski definition) is 2. The first-order valence-corrected chi connectivity index (χ1v) is 6.25. The van der Waals surface area contributed by atoms with Crippen LogP contribution in [0, 0.1) is 0 Å². The summed E-state index contributed by atoms with van der Waals surface area (Å²) in [6, 6.07) is 8.11. The molecule has 94 valence electrons. The monoisotopic (exact) mass is 235 g/mol. The van der Waals surface area contributed by atoms with E-state index in [1.165, 1.54) is 5.56 Å². The lowest BCUT2D eigenvalue weighted by molar-refractivity contribution is 0.229. The van der Waals surface area contributed by atoms with Crippen molar-refractivity contribution in [3.63, 3.8) is 0 Å². The van der Waals surface area contributed by atoms with E-state index < -0.39 is 0 Å². The topological polar surface area (TPSA) is 41.5 Å². The van der Waals surface area contributed by atoms with Gasteiger partial charge < -0.3 is 15.2 Å². The van der Waals surface area contributed by atoms with Gasteiger partial charge in [-0.05, 0) is 44.4 Å². The Morgan fingerprint density at radius 3 is 2.76 bits per heavy atom. The lowest BCUT2D eigenvalue weighted by Crippen LogP contribution is -2.34. The van der Waals surface area contributed by atoms with E-state index in [1.54, 1.807) is 0 Å². The second-order valence-corrected chi connectivity index (χ2v) is 5.11. The van der Waals surface area contributed by atoms with Crippen molar-refractivity contribution in [2.45, 2.75) is 44.9 Å². The second-order valence-electron chi connectivity index (χ2n) is 5.11. The van der Waals surface area contributed by atoms with E-state index in [2.05, 4.69) is 17.4 Å². The second kappa shape index (κ2) is 5.07. The molecule has 0 aromatic heterocycles. The quantitative estimate of drug-likeness (QED) is 0.793. The Labute approximate surface area is 103 Å². The van der Waals surface area contributed by atoms with E-state index in [9.17, 15) is 5.11 Å². The lowest BCUT2D eigenvalue weighted by atomic mass is 10.2. The first-order valence-electron chi connectivity index (χ1n) is 6.25. The molecule has 1 saturated carbocycles. The van der Waals surface area contributed by atoms with Gasteiger partial charge in [0.05, 0.1) is 12.7 Å². The zero-order valence-electron chi connectivity index (χ0n) is 10.6. The Kier molecular flexibility index (Phi) is 3.69. The first kappa shape index (κ1) is 12.4. The Morgan fingerprint density at radius 1 is 1.41 bits per heavy atom. The highest BCUT2D eigenvalue weighted by atomic mass is 16.5. The third kappa shape index (κ3) is 3.45. The van der Waals surface area contributed by atoms with Crippen molar-refractivity contribution < 1.29 is 9.84 Å². The van der Waals surface area contributed by atoms with Crippen molar-refractivity contribution in [3.8, 4) is 5.75 Å². The summed E-state index contributed by atoms with van der Waals surface area (Å²) in [5, 5.41) is 12.6. The molecular formula is C14H21NO2. The number of rotatable bonds is 6. The van der Waals surface area contributed by atoms with E-state index in [0.717, 1.165) is 25.1 Å². The number of aliphatic hydroxyl groups excluding tert-OH is 1. The van der Waals surface area contributed by atoms with Crippen LogP contribution in [-0.2, 0) is 6.54 Å². The van der Waals surface area contributed by atoms with Crippen molar-refractivity contribution in [1.82, 2.24) is 5.32 Å². The molecule has 0 heterocycles. The van der Waals surface area contributed by atoms with E-state index in [0.29, 0.717) is 0 Å². The molecule has 1 fully saturated rings. The van der Waals surface area contributed by atoms with Crippen molar-refractivity contribution >= 4 is 0 Å². The molecule has 0 aliphatic heterocycles. The van der Waals surface area contributed by atoms with Crippen molar-refractivity contribution in [1.29, 1.82) is 0 Å². The van der Waals surface area contributed by atoms with Gasteiger partial charge in [-0.15, -0.1) is 0 Å². The zero-order valence-corrected chi connectivity index (χ0v) is 10.6. The van der Waals surface area contributed by atoms with Gasteiger partial charge in [-0.2, -0.15) is 0 Å². The molecule has 2 rings (SSSR count). The van der Waals surface area contributed by atoms with Crippen LogP contribution in [0.25, 0.3) is 0 Å². The van der Waals surface area contributed by atoms with Crippen LogP contribution in [0.1, 0.15) is 32.3 Å². The SMILES string of the molecule is CC(C)Oc1cccc(CNC2(CO)CC2)c1. The number of aliphatic hydroxyl groups is 1. The molecule has 0 saturated heterocycles. The van der Waals surface area contributed by atoms with E-state index in [4.69, 9.17) is 4.74 Å². The molecule has 0 amide bonds. The number of hydrogen-bond acceptors (Lipinski definition) is 3. The summed E-state index contributed by atoms with van der Waals surface area (Å²) in [7, 11) is 0. The van der Waals surface area contributed by atoms with Crippen LogP contribution in [0.15, 0.2) is 24.3 Å². The summed E-state index contributed by atoms with van der Waals surface area (Å²) in [4.78, 5) is 0. The van der Waals surface area contributed by atoms with Gasteiger partial charge in [0.2, 0.25) is 0 Å². The van der Waals surface area contributed by atoms with Crippen LogP contribution in [0.5, 0.6) is 5.75 Å². The molecule has 0 bridgehead atoms. The molecule has 0 spiro atoms. The average Bonchev–Trinajstić information content (AvgIpc) is 3.07. The summed E-state index contributed by atoms with van der Waals surface area (Å²) in [6.07, 6.45) is 2.35. The first-order chi connectivity index (χ1) is 8.13. The summed E-state index contributed by atoms with van der Waals surface area (Å²) < 4.78 is 5.65. The average molecular weight is 235 g/mol. The van der Waals surface area contributed by atoms with Gasteiger partial charge in [-0.1, -0.05) is 12.1 Å². The van der Waals surface area contributed by atoms with E-state index >= 15 is 0 Å². The molecule has 17 heavy (non-hydrogen) atoms. The molecular weight excluding hydrogens is 214 g/mol. The lowest BCUT2D eigenvalue weighted by Gasteiger charge is -2.15. The molecule has 3 heteroatoms. The van der Waals surface area contributed by atoms with Gasteiger partial charge >= 0.3 is 0 Å².